The number of carbonyl (C=O) groups excluding carboxylic acids is 1. The number of aryl methyl sites for hydroxylation is 3. The van der Waals surface area contributed by atoms with Gasteiger partial charge in [0.25, 0.3) is 5.91 Å². The smallest absolute Gasteiger partial charge is 0.291 e. The molecule has 2 bridgehead atoms. The van der Waals surface area contributed by atoms with Crippen LogP contribution in [0.2, 0.25) is 0 Å². The van der Waals surface area contributed by atoms with E-state index in [-0.39, 0.29) is 11.9 Å². The quantitative estimate of drug-likeness (QED) is 0.818. The number of oxazole rings is 1. The Balaban J connectivity index is 1.52. The van der Waals surface area contributed by atoms with Gasteiger partial charge in [0.1, 0.15) is 0 Å². The normalized spacial score (nSPS) is 31.2. The van der Waals surface area contributed by atoms with E-state index in [0.717, 1.165) is 25.3 Å². The minimum Gasteiger partial charge on any atom is -0.435 e. The minimum atomic E-state index is 0.0306. The molecule has 6 rings (SSSR count). The molecule has 5 heteroatoms. The van der Waals surface area contributed by atoms with Crippen LogP contribution in [0.5, 0.6) is 0 Å². The lowest BCUT2D eigenvalue weighted by Gasteiger charge is -2.51. The van der Waals surface area contributed by atoms with Crippen LogP contribution in [0.4, 0.5) is 0 Å². The lowest BCUT2D eigenvalue weighted by Crippen LogP contribution is -2.60. The Labute approximate surface area is 166 Å². The first-order valence-corrected chi connectivity index (χ1v) is 10.6. The molecule has 0 aliphatic carbocycles. The van der Waals surface area contributed by atoms with E-state index in [2.05, 4.69) is 46.0 Å². The molecule has 1 aromatic heterocycles. The molecule has 4 fully saturated rings. The Kier molecular flexibility index (Phi) is 4.31. The summed E-state index contributed by atoms with van der Waals surface area (Å²) in [7, 11) is 0. The van der Waals surface area contributed by atoms with E-state index in [4.69, 9.17) is 4.42 Å². The molecule has 0 radical (unpaired) electrons. The van der Waals surface area contributed by atoms with E-state index in [1.807, 2.05) is 13.8 Å². The second-order valence-corrected chi connectivity index (χ2v) is 8.70. The highest BCUT2D eigenvalue weighted by atomic mass is 16.4. The Bertz CT molecular complexity index is 880. The van der Waals surface area contributed by atoms with Gasteiger partial charge in [0.15, 0.2) is 5.89 Å². The maximum Gasteiger partial charge on any atom is 0.291 e. The molecular formula is C23H29N3O2. The van der Waals surface area contributed by atoms with Crippen molar-refractivity contribution >= 4 is 5.91 Å². The van der Waals surface area contributed by atoms with Gasteiger partial charge in [-0.05, 0) is 51.3 Å². The van der Waals surface area contributed by atoms with Gasteiger partial charge in [-0.1, -0.05) is 36.8 Å². The molecule has 0 spiro atoms. The van der Waals surface area contributed by atoms with Crippen LogP contribution < -0.4 is 0 Å². The number of hydrogen-bond acceptors (Lipinski definition) is 4. The van der Waals surface area contributed by atoms with Crippen molar-refractivity contribution in [2.24, 2.45) is 5.92 Å². The average molecular weight is 380 g/mol. The first-order valence-electron chi connectivity index (χ1n) is 10.6. The molecule has 1 aromatic carbocycles. The van der Waals surface area contributed by atoms with Gasteiger partial charge in [-0.15, -0.1) is 0 Å². The van der Waals surface area contributed by atoms with Gasteiger partial charge in [-0.3, -0.25) is 9.69 Å². The van der Waals surface area contributed by atoms with E-state index in [9.17, 15) is 4.79 Å². The van der Waals surface area contributed by atoms with Crippen molar-refractivity contribution in [3.63, 3.8) is 0 Å². The number of carbonyl (C=O) groups is 1. The molecule has 0 saturated carbocycles. The molecule has 4 saturated heterocycles. The molecule has 3 atom stereocenters. The Hall–Kier alpha value is -2.14. The summed E-state index contributed by atoms with van der Waals surface area (Å²) in [6.07, 6.45) is 3.10. The van der Waals surface area contributed by atoms with E-state index in [1.165, 1.54) is 24.0 Å². The predicted molar refractivity (Wildman–Crippen MR) is 107 cm³/mol. The molecule has 0 unspecified atom stereocenters. The van der Waals surface area contributed by atoms with Gasteiger partial charge in [0.05, 0.1) is 11.7 Å². The summed E-state index contributed by atoms with van der Waals surface area (Å²) in [5.41, 5.74) is 3.35. The highest BCUT2D eigenvalue weighted by molar-refractivity contribution is 5.93. The minimum absolute atomic E-state index is 0.0306. The number of nitrogens with zero attached hydrogens (tertiary/aromatic N) is 3. The molecule has 5 heterocycles. The zero-order valence-electron chi connectivity index (χ0n) is 17.0. The summed E-state index contributed by atoms with van der Waals surface area (Å²) in [5, 5.41) is 0. The second kappa shape index (κ2) is 6.73. The highest BCUT2D eigenvalue weighted by Gasteiger charge is 2.55. The largest absolute Gasteiger partial charge is 0.435 e. The zero-order valence-corrected chi connectivity index (χ0v) is 17.0. The van der Waals surface area contributed by atoms with Crippen LogP contribution in [0.25, 0.3) is 0 Å². The topological polar surface area (TPSA) is 49.6 Å². The fourth-order valence-corrected chi connectivity index (χ4v) is 5.69. The molecule has 148 valence electrons. The molecule has 4 aliphatic rings. The summed E-state index contributed by atoms with van der Waals surface area (Å²) in [6.45, 7) is 9.12. The second-order valence-electron chi connectivity index (χ2n) is 8.70. The third-order valence-electron chi connectivity index (χ3n) is 7.10. The number of benzene rings is 1. The van der Waals surface area contributed by atoms with Crippen molar-refractivity contribution < 1.29 is 9.21 Å². The standard InChI is InChI=1S/C23H29N3O2/c1-4-19-24-15(3)22(28-19)23(27)26-13-18(16-7-5-14(2)6-8-16)21-20(26)17-9-11-25(21)12-10-17/h5-8,17-18,20-21H,4,9-13H2,1-3H3/t18-,20+,21+/m1/s1. The van der Waals surface area contributed by atoms with Crippen molar-refractivity contribution in [3.8, 4) is 0 Å². The Morgan fingerprint density at radius 3 is 2.50 bits per heavy atom. The van der Waals surface area contributed by atoms with Crippen molar-refractivity contribution in [1.29, 1.82) is 0 Å². The van der Waals surface area contributed by atoms with Gasteiger partial charge < -0.3 is 9.32 Å². The van der Waals surface area contributed by atoms with Gasteiger partial charge in [0, 0.05) is 24.9 Å². The SMILES string of the molecule is CCc1nc(C)c(C(=O)N2C[C@H](c3ccc(C)cc3)[C@H]3[C@@H]2C2CCN3CC2)o1. The van der Waals surface area contributed by atoms with Crippen molar-refractivity contribution in [2.75, 3.05) is 19.6 Å². The van der Waals surface area contributed by atoms with Crippen molar-refractivity contribution in [1.82, 2.24) is 14.8 Å². The fraction of sp³-hybridized carbons (Fsp3) is 0.565. The van der Waals surface area contributed by atoms with E-state index in [1.54, 1.807) is 0 Å². The lowest BCUT2D eigenvalue weighted by atomic mass is 9.75. The third-order valence-corrected chi connectivity index (χ3v) is 7.10. The van der Waals surface area contributed by atoms with Gasteiger partial charge in [0.2, 0.25) is 5.76 Å². The summed E-state index contributed by atoms with van der Waals surface area (Å²) in [6, 6.07) is 9.61. The summed E-state index contributed by atoms with van der Waals surface area (Å²) in [4.78, 5) is 22.7. The van der Waals surface area contributed by atoms with Gasteiger partial charge in [-0.2, -0.15) is 0 Å². The number of fused-ring (bicyclic) bond motifs is 2. The van der Waals surface area contributed by atoms with E-state index < -0.39 is 0 Å². The lowest BCUT2D eigenvalue weighted by molar-refractivity contribution is -0.00435. The van der Waals surface area contributed by atoms with Crippen LogP contribution in [0, 0.1) is 19.8 Å². The van der Waals surface area contributed by atoms with Crippen LogP contribution in [0.1, 0.15) is 58.9 Å². The summed E-state index contributed by atoms with van der Waals surface area (Å²) < 4.78 is 5.84. The molecule has 1 amide bonds. The zero-order chi connectivity index (χ0) is 19.4. The maximum absolute atomic E-state index is 13.5. The van der Waals surface area contributed by atoms with Crippen LogP contribution in [0.15, 0.2) is 28.7 Å². The van der Waals surface area contributed by atoms with E-state index in [0.29, 0.717) is 35.9 Å². The molecular weight excluding hydrogens is 350 g/mol. The summed E-state index contributed by atoms with van der Waals surface area (Å²) in [5.74, 6) is 2.09. The first-order chi connectivity index (χ1) is 13.6. The monoisotopic (exact) mass is 379 g/mol. The van der Waals surface area contributed by atoms with Crippen LogP contribution in [-0.2, 0) is 6.42 Å². The number of aromatic nitrogens is 1. The van der Waals surface area contributed by atoms with E-state index >= 15 is 0 Å². The third kappa shape index (κ3) is 2.71. The fourth-order valence-electron chi connectivity index (χ4n) is 5.69. The summed E-state index contributed by atoms with van der Waals surface area (Å²) >= 11 is 0. The number of likely N-dealkylation sites (tertiary alicyclic amines) is 1. The number of rotatable bonds is 3. The van der Waals surface area contributed by atoms with Crippen molar-refractivity contribution in [3.05, 3.63) is 52.7 Å². The highest BCUT2D eigenvalue weighted by Crippen LogP contribution is 2.47. The maximum atomic E-state index is 13.5. The van der Waals surface area contributed by atoms with Gasteiger partial charge in [-0.25, -0.2) is 4.98 Å². The Morgan fingerprint density at radius 1 is 1.14 bits per heavy atom. The van der Waals surface area contributed by atoms with Crippen LogP contribution >= 0.6 is 0 Å². The molecule has 0 N–H and O–H groups in total. The predicted octanol–water partition coefficient (Wildman–Crippen LogP) is 3.56. The molecule has 4 aliphatic heterocycles. The number of hydrogen-bond donors (Lipinski definition) is 0. The van der Waals surface area contributed by atoms with Crippen LogP contribution in [-0.4, -0.2) is 52.4 Å². The Morgan fingerprint density at radius 2 is 1.86 bits per heavy atom. The number of amides is 1. The molecule has 28 heavy (non-hydrogen) atoms. The molecule has 5 nitrogen and oxygen atoms in total. The molecule has 2 aromatic rings. The average Bonchev–Trinajstić information content (AvgIpc) is 3.31. The first kappa shape index (κ1) is 17.9. The van der Waals surface area contributed by atoms with Crippen LogP contribution in [0.3, 0.4) is 0 Å². The van der Waals surface area contributed by atoms with Gasteiger partial charge >= 0.3 is 0 Å². The van der Waals surface area contributed by atoms with Crippen molar-refractivity contribution in [2.45, 2.75) is 58.0 Å². The number of piperidine rings is 3.